The number of hydrogen-bond acceptors (Lipinski definition) is 4. The quantitative estimate of drug-likeness (QED) is 0.323. The average Bonchev–Trinajstić information content (AvgIpc) is 3.59. The molecule has 0 N–H and O–H groups in total. The average molecular weight is 489 g/mol. The predicted octanol–water partition coefficient (Wildman–Crippen LogP) is 6.47. The lowest BCUT2D eigenvalue weighted by atomic mass is 10.0. The van der Waals surface area contributed by atoms with Gasteiger partial charge in [0.1, 0.15) is 10.8 Å². The number of rotatable bonds is 5. The van der Waals surface area contributed by atoms with Gasteiger partial charge in [0, 0.05) is 17.5 Å². The molecule has 1 amide bonds. The van der Waals surface area contributed by atoms with Crippen molar-refractivity contribution in [3.05, 3.63) is 83.2 Å². The van der Waals surface area contributed by atoms with Gasteiger partial charge in [-0.3, -0.25) is 9.48 Å². The molecule has 0 aliphatic carbocycles. The van der Waals surface area contributed by atoms with Crippen LogP contribution >= 0.6 is 11.3 Å². The van der Waals surface area contributed by atoms with Gasteiger partial charge in [-0.2, -0.15) is 5.10 Å². The van der Waals surface area contributed by atoms with Crippen LogP contribution < -0.4 is 0 Å². The number of halogens is 1. The Morgan fingerprint density at radius 3 is 2.57 bits per heavy atom. The summed E-state index contributed by atoms with van der Waals surface area (Å²) in [6.45, 7) is 7.04. The molecular weight excluding hydrogens is 459 g/mol. The highest BCUT2D eigenvalue weighted by atomic mass is 32.1. The van der Waals surface area contributed by atoms with Crippen LogP contribution in [0.5, 0.6) is 0 Å². The van der Waals surface area contributed by atoms with Crippen molar-refractivity contribution in [1.82, 2.24) is 19.7 Å². The van der Waals surface area contributed by atoms with Crippen molar-refractivity contribution < 1.29 is 9.18 Å². The number of hydrogen-bond donors (Lipinski definition) is 0. The zero-order valence-corrected chi connectivity index (χ0v) is 21.1. The Morgan fingerprint density at radius 2 is 1.86 bits per heavy atom. The summed E-state index contributed by atoms with van der Waals surface area (Å²) < 4.78 is 15.6. The fourth-order valence-electron chi connectivity index (χ4n) is 4.75. The van der Waals surface area contributed by atoms with Crippen molar-refractivity contribution in [3.63, 3.8) is 0 Å². The molecule has 5 rings (SSSR count). The Morgan fingerprint density at radius 1 is 1.11 bits per heavy atom. The Bertz CT molecular complexity index is 1320. The van der Waals surface area contributed by atoms with E-state index in [0.29, 0.717) is 0 Å². The van der Waals surface area contributed by atoms with Crippen LogP contribution in [0.2, 0.25) is 0 Å². The van der Waals surface area contributed by atoms with E-state index < -0.39 is 0 Å². The van der Waals surface area contributed by atoms with E-state index in [9.17, 15) is 9.18 Å². The Balaban J connectivity index is 1.41. The van der Waals surface area contributed by atoms with Gasteiger partial charge in [-0.25, -0.2) is 9.37 Å². The second kappa shape index (κ2) is 9.38. The number of benzene rings is 2. The summed E-state index contributed by atoms with van der Waals surface area (Å²) >= 11 is 1.51. The van der Waals surface area contributed by atoms with Crippen molar-refractivity contribution in [3.8, 4) is 21.8 Å². The normalized spacial score (nSPS) is 16.1. The van der Waals surface area contributed by atoms with E-state index >= 15 is 0 Å². The number of carbonyl (C=O) groups excluding carboxylic acids is 1. The third-order valence-electron chi connectivity index (χ3n) is 6.39. The molecule has 0 radical (unpaired) electrons. The molecule has 2 aromatic heterocycles. The molecule has 3 heterocycles. The molecule has 0 spiro atoms. The predicted molar refractivity (Wildman–Crippen MR) is 138 cm³/mol. The highest BCUT2D eigenvalue weighted by Crippen LogP contribution is 2.37. The number of aromatic nitrogens is 3. The Hall–Kier alpha value is -3.32. The van der Waals surface area contributed by atoms with Crippen molar-refractivity contribution in [2.45, 2.75) is 51.6 Å². The molecule has 35 heavy (non-hydrogen) atoms. The monoisotopic (exact) mass is 488 g/mol. The van der Waals surface area contributed by atoms with E-state index in [1.165, 1.54) is 29.0 Å². The zero-order valence-electron chi connectivity index (χ0n) is 20.2. The summed E-state index contributed by atoms with van der Waals surface area (Å²) in [5.74, 6) is -0.166. The lowest BCUT2D eigenvalue weighted by Crippen LogP contribution is -2.31. The van der Waals surface area contributed by atoms with Gasteiger partial charge in [0.25, 0.3) is 0 Å². The smallest absolute Gasteiger partial charge is 0.229 e. The molecule has 180 valence electrons. The first-order valence-corrected chi connectivity index (χ1v) is 12.8. The van der Waals surface area contributed by atoms with Gasteiger partial charge in [0.2, 0.25) is 5.91 Å². The summed E-state index contributed by atoms with van der Waals surface area (Å²) in [4.78, 5) is 20.1. The van der Waals surface area contributed by atoms with Gasteiger partial charge in [0.05, 0.1) is 41.1 Å². The number of likely N-dealkylation sites (tertiary alicyclic amines) is 1. The fourth-order valence-corrected chi connectivity index (χ4v) is 5.58. The summed E-state index contributed by atoms with van der Waals surface area (Å²) in [5.41, 5.74) is 4.36. The maximum Gasteiger partial charge on any atom is 0.229 e. The van der Waals surface area contributed by atoms with Crippen LogP contribution in [0.25, 0.3) is 21.8 Å². The largest absolute Gasteiger partial charge is 0.335 e. The van der Waals surface area contributed by atoms with Gasteiger partial charge in [0.15, 0.2) is 0 Å². The first-order chi connectivity index (χ1) is 16.8. The maximum atomic E-state index is 13.6. The van der Waals surface area contributed by atoms with Crippen molar-refractivity contribution >= 4 is 17.2 Å². The molecule has 1 saturated heterocycles. The van der Waals surface area contributed by atoms with Crippen LogP contribution in [0, 0.1) is 5.82 Å². The first kappa shape index (κ1) is 23.4. The number of nitrogens with zero attached hydrogens (tertiary/aromatic N) is 4. The van der Waals surface area contributed by atoms with E-state index in [1.807, 2.05) is 39.4 Å². The highest BCUT2D eigenvalue weighted by Gasteiger charge is 2.30. The first-order valence-electron chi connectivity index (χ1n) is 11.9. The molecule has 1 unspecified atom stereocenters. The molecular formula is C28H29FN4OS. The zero-order chi connectivity index (χ0) is 24.6. The van der Waals surface area contributed by atoms with Crippen molar-refractivity contribution in [2.75, 3.05) is 6.54 Å². The van der Waals surface area contributed by atoms with E-state index in [4.69, 9.17) is 4.98 Å². The Labute approximate surface area is 209 Å². The van der Waals surface area contributed by atoms with Gasteiger partial charge in [-0.05, 0) is 63.4 Å². The molecule has 1 aliphatic rings. The molecule has 5 nitrogen and oxygen atoms in total. The summed E-state index contributed by atoms with van der Waals surface area (Å²) in [7, 11) is 0. The van der Waals surface area contributed by atoms with Crippen LogP contribution in [-0.4, -0.2) is 32.1 Å². The van der Waals surface area contributed by atoms with Crippen molar-refractivity contribution in [2.24, 2.45) is 0 Å². The van der Waals surface area contributed by atoms with Crippen LogP contribution in [0.15, 0.2) is 66.2 Å². The number of thiazole rings is 1. The number of carbonyl (C=O) groups is 1. The SMILES string of the molecule is CC(C)(C)n1ncc(-c2nc(CC(=O)N3CCCC3c3ccccc3)cs2)c1-c1ccc(F)cc1. The van der Waals surface area contributed by atoms with Gasteiger partial charge in [-0.15, -0.1) is 11.3 Å². The maximum absolute atomic E-state index is 13.6. The van der Waals surface area contributed by atoms with Crippen LogP contribution in [0.4, 0.5) is 4.39 Å². The van der Waals surface area contributed by atoms with Gasteiger partial charge >= 0.3 is 0 Å². The molecule has 7 heteroatoms. The lowest BCUT2D eigenvalue weighted by molar-refractivity contribution is -0.131. The molecule has 1 atom stereocenters. The lowest BCUT2D eigenvalue weighted by Gasteiger charge is -2.25. The molecule has 1 fully saturated rings. The van der Waals surface area contributed by atoms with E-state index in [0.717, 1.165) is 46.9 Å². The minimum absolute atomic E-state index is 0.109. The third-order valence-corrected chi connectivity index (χ3v) is 7.32. The molecule has 0 bridgehead atoms. The van der Waals surface area contributed by atoms with E-state index in [-0.39, 0.29) is 29.7 Å². The van der Waals surface area contributed by atoms with Crippen LogP contribution in [0.3, 0.4) is 0 Å². The molecule has 1 aliphatic heterocycles. The number of amides is 1. The minimum Gasteiger partial charge on any atom is -0.335 e. The van der Waals surface area contributed by atoms with E-state index in [1.54, 1.807) is 12.1 Å². The van der Waals surface area contributed by atoms with Crippen molar-refractivity contribution in [1.29, 1.82) is 0 Å². The second-order valence-corrected chi connectivity index (χ2v) is 10.8. The van der Waals surface area contributed by atoms with E-state index in [2.05, 4.69) is 38.0 Å². The van der Waals surface area contributed by atoms with Gasteiger partial charge in [-0.1, -0.05) is 30.3 Å². The standard InChI is InChI=1S/C28H29FN4OS/c1-28(2,3)33-26(20-11-13-21(29)14-12-20)23(17-30-33)27-31-22(18-35-27)16-25(34)32-15-7-10-24(32)19-8-5-4-6-9-19/h4-6,8-9,11-14,17-18,24H,7,10,15-16H2,1-3H3. The van der Waals surface area contributed by atoms with Gasteiger partial charge < -0.3 is 4.90 Å². The summed E-state index contributed by atoms with van der Waals surface area (Å²) in [6.07, 6.45) is 4.10. The molecule has 0 saturated carbocycles. The minimum atomic E-state index is -0.275. The summed E-state index contributed by atoms with van der Waals surface area (Å²) in [5, 5.41) is 7.42. The molecule has 4 aromatic rings. The molecule has 2 aromatic carbocycles. The Kier molecular flexibility index (Phi) is 6.28. The summed E-state index contributed by atoms with van der Waals surface area (Å²) in [6, 6.07) is 16.9. The fraction of sp³-hybridized carbons (Fsp3) is 0.321. The topological polar surface area (TPSA) is 51.0 Å². The second-order valence-electron chi connectivity index (χ2n) is 9.97. The van der Waals surface area contributed by atoms with Crippen LogP contribution in [-0.2, 0) is 16.8 Å². The van der Waals surface area contributed by atoms with Crippen LogP contribution in [0.1, 0.15) is 50.9 Å². The highest BCUT2D eigenvalue weighted by molar-refractivity contribution is 7.13. The third kappa shape index (κ3) is 4.78.